The van der Waals surface area contributed by atoms with Crippen LogP contribution in [0.15, 0.2) is 48.5 Å². The van der Waals surface area contributed by atoms with Crippen LogP contribution in [-0.2, 0) is 22.3 Å². The molecule has 0 spiro atoms. The Morgan fingerprint density at radius 3 is 2.21 bits per heavy atom. The molecule has 1 aliphatic heterocycles. The van der Waals surface area contributed by atoms with Gasteiger partial charge < -0.3 is 20.1 Å². The maximum absolute atomic E-state index is 14.1. The molecule has 3 amide bonds. The lowest BCUT2D eigenvalue weighted by molar-refractivity contribution is -0.138. The lowest BCUT2D eigenvalue weighted by Gasteiger charge is -2.34. The Bertz CT molecular complexity index is 1220. The maximum atomic E-state index is 14.1. The van der Waals surface area contributed by atoms with Crippen LogP contribution < -0.4 is 5.73 Å². The Labute approximate surface area is 224 Å². The predicted molar refractivity (Wildman–Crippen MR) is 136 cm³/mol. The van der Waals surface area contributed by atoms with Crippen molar-refractivity contribution in [2.24, 2.45) is 5.73 Å². The number of carbonyl (C=O) groups excluding carboxylic acids is 3. The van der Waals surface area contributed by atoms with Crippen LogP contribution in [0.3, 0.4) is 0 Å². The Kier molecular flexibility index (Phi) is 8.88. The van der Waals surface area contributed by atoms with E-state index in [1.54, 1.807) is 51.1 Å². The van der Waals surface area contributed by atoms with Crippen molar-refractivity contribution in [1.29, 1.82) is 5.41 Å². The standard InChI is InChI=1S/C27H31F3N4O5/c1-26(2,3)39-24(36)33-13-11-18(12-14-33)20-10-9-19(15-21(20)27(28,29)30)22(35)34(23(31)32)25(37)38-16-17-7-5-4-6-8-17/h4-10,15,18H,11-14,16H2,1-3H3,(H3,31,32). The molecule has 12 heteroatoms. The topological polar surface area (TPSA) is 126 Å². The molecule has 0 atom stereocenters. The molecule has 1 aliphatic rings. The first-order chi connectivity index (χ1) is 18.2. The number of likely N-dealkylation sites (tertiary alicyclic amines) is 1. The number of hydrogen-bond acceptors (Lipinski definition) is 6. The molecule has 39 heavy (non-hydrogen) atoms. The lowest BCUT2D eigenvalue weighted by atomic mass is 9.85. The molecule has 3 rings (SSSR count). The van der Waals surface area contributed by atoms with Crippen molar-refractivity contribution in [3.05, 3.63) is 70.8 Å². The van der Waals surface area contributed by atoms with Crippen LogP contribution in [0.4, 0.5) is 22.8 Å². The second-order valence-electron chi connectivity index (χ2n) is 10.1. The number of piperidine rings is 1. The van der Waals surface area contributed by atoms with Crippen LogP contribution in [0.1, 0.15) is 66.6 Å². The highest BCUT2D eigenvalue weighted by molar-refractivity contribution is 6.14. The summed E-state index contributed by atoms with van der Waals surface area (Å²) >= 11 is 0. The summed E-state index contributed by atoms with van der Waals surface area (Å²) < 4.78 is 52.7. The molecule has 1 fully saturated rings. The number of imide groups is 1. The maximum Gasteiger partial charge on any atom is 0.424 e. The largest absolute Gasteiger partial charge is 0.444 e. The van der Waals surface area contributed by atoms with Crippen LogP contribution >= 0.6 is 0 Å². The SMILES string of the molecule is CC(C)(C)OC(=O)N1CCC(c2ccc(C(=O)N(C(=N)N)C(=O)OCc3ccccc3)cc2C(F)(F)F)CC1. The third-order valence-corrected chi connectivity index (χ3v) is 6.02. The van der Waals surface area contributed by atoms with E-state index >= 15 is 0 Å². The van der Waals surface area contributed by atoms with Crippen molar-refractivity contribution in [2.75, 3.05) is 13.1 Å². The van der Waals surface area contributed by atoms with Crippen molar-refractivity contribution in [3.8, 4) is 0 Å². The number of nitrogens with one attached hydrogen (secondary N) is 1. The van der Waals surface area contributed by atoms with Crippen LogP contribution in [0.5, 0.6) is 0 Å². The van der Waals surface area contributed by atoms with Crippen LogP contribution in [0, 0.1) is 5.41 Å². The second kappa shape index (κ2) is 11.7. The summed E-state index contributed by atoms with van der Waals surface area (Å²) in [4.78, 5) is 39.5. The van der Waals surface area contributed by atoms with Crippen molar-refractivity contribution >= 4 is 24.1 Å². The van der Waals surface area contributed by atoms with Crippen LogP contribution in [0.2, 0.25) is 0 Å². The lowest BCUT2D eigenvalue weighted by Crippen LogP contribution is -2.45. The molecule has 0 radical (unpaired) electrons. The third kappa shape index (κ3) is 7.71. The number of halogens is 3. The second-order valence-corrected chi connectivity index (χ2v) is 10.1. The van der Waals surface area contributed by atoms with Gasteiger partial charge in [0, 0.05) is 18.7 Å². The minimum atomic E-state index is -4.80. The molecule has 9 nitrogen and oxygen atoms in total. The number of alkyl halides is 3. The average molecular weight is 549 g/mol. The molecule has 2 aromatic carbocycles. The van der Waals surface area contributed by atoms with E-state index in [-0.39, 0.29) is 43.0 Å². The van der Waals surface area contributed by atoms with Crippen molar-refractivity contribution in [2.45, 2.75) is 57.9 Å². The van der Waals surface area contributed by atoms with E-state index in [0.29, 0.717) is 11.6 Å². The summed E-state index contributed by atoms with van der Waals surface area (Å²) in [5.41, 5.74) is 3.78. The summed E-state index contributed by atoms with van der Waals surface area (Å²) in [6.45, 7) is 5.38. The van der Waals surface area contributed by atoms with E-state index in [2.05, 4.69) is 0 Å². The fourth-order valence-electron chi connectivity index (χ4n) is 4.19. The Balaban J connectivity index is 1.79. The summed E-state index contributed by atoms with van der Waals surface area (Å²) in [6.07, 6.45) is -6.09. The van der Waals surface area contributed by atoms with E-state index in [9.17, 15) is 27.6 Å². The zero-order valence-corrected chi connectivity index (χ0v) is 21.9. The van der Waals surface area contributed by atoms with Gasteiger partial charge in [-0.2, -0.15) is 18.1 Å². The molecule has 1 saturated heterocycles. The molecule has 1 heterocycles. The van der Waals surface area contributed by atoms with E-state index < -0.39 is 52.9 Å². The van der Waals surface area contributed by atoms with Crippen molar-refractivity contribution in [3.63, 3.8) is 0 Å². The molecule has 3 N–H and O–H groups in total. The van der Waals surface area contributed by atoms with Gasteiger partial charge >= 0.3 is 18.4 Å². The van der Waals surface area contributed by atoms with Crippen molar-refractivity contribution in [1.82, 2.24) is 9.80 Å². The summed E-state index contributed by atoms with van der Waals surface area (Å²) in [7, 11) is 0. The minimum absolute atomic E-state index is 0.0242. The normalized spacial score (nSPS) is 14.5. The van der Waals surface area contributed by atoms with Gasteiger partial charge in [0.1, 0.15) is 12.2 Å². The average Bonchev–Trinajstić information content (AvgIpc) is 2.86. The number of guanidine groups is 1. The predicted octanol–water partition coefficient (Wildman–Crippen LogP) is 5.49. The molecule has 0 aromatic heterocycles. The van der Waals surface area contributed by atoms with Gasteiger partial charge in [-0.3, -0.25) is 10.2 Å². The molecule has 0 aliphatic carbocycles. The number of benzene rings is 2. The Morgan fingerprint density at radius 2 is 1.67 bits per heavy atom. The highest BCUT2D eigenvalue weighted by Gasteiger charge is 2.38. The number of amides is 3. The number of ether oxygens (including phenoxy) is 2. The molecular weight excluding hydrogens is 517 g/mol. The molecule has 0 saturated carbocycles. The van der Waals surface area contributed by atoms with Gasteiger partial charge in [-0.25, -0.2) is 9.59 Å². The first-order valence-corrected chi connectivity index (χ1v) is 12.3. The fourth-order valence-corrected chi connectivity index (χ4v) is 4.19. The van der Waals surface area contributed by atoms with Gasteiger partial charge in [-0.05, 0) is 62.8 Å². The number of rotatable bonds is 4. The highest BCUT2D eigenvalue weighted by Crippen LogP contribution is 2.39. The van der Waals surface area contributed by atoms with Gasteiger partial charge in [0.15, 0.2) is 0 Å². The van der Waals surface area contributed by atoms with E-state index in [0.717, 1.165) is 6.07 Å². The fraction of sp³-hybridized carbons (Fsp3) is 0.407. The zero-order chi connectivity index (χ0) is 29.0. The van der Waals surface area contributed by atoms with Gasteiger partial charge in [0.2, 0.25) is 5.96 Å². The molecular formula is C27H31F3N4O5. The number of nitrogens with zero attached hydrogens (tertiary/aromatic N) is 2. The van der Waals surface area contributed by atoms with E-state index in [1.807, 2.05) is 0 Å². The molecule has 210 valence electrons. The smallest absolute Gasteiger partial charge is 0.424 e. The molecule has 0 bridgehead atoms. The summed E-state index contributed by atoms with van der Waals surface area (Å²) in [5, 5.41) is 7.65. The zero-order valence-electron chi connectivity index (χ0n) is 21.9. The van der Waals surface area contributed by atoms with Crippen LogP contribution in [-0.4, -0.2) is 52.5 Å². The third-order valence-electron chi connectivity index (χ3n) is 6.02. The van der Waals surface area contributed by atoms with Gasteiger partial charge in [0.25, 0.3) is 5.91 Å². The van der Waals surface area contributed by atoms with Gasteiger partial charge in [-0.1, -0.05) is 36.4 Å². The van der Waals surface area contributed by atoms with Crippen LogP contribution in [0.25, 0.3) is 0 Å². The summed E-state index contributed by atoms with van der Waals surface area (Å²) in [6, 6.07) is 11.5. The van der Waals surface area contributed by atoms with E-state index in [1.165, 1.54) is 11.0 Å². The molecule has 2 aromatic rings. The van der Waals surface area contributed by atoms with Gasteiger partial charge in [0.05, 0.1) is 5.56 Å². The quantitative estimate of drug-likeness (QED) is 0.384. The monoisotopic (exact) mass is 548 g/mol. The van der Waals surface area contributed by atoms with E-state index in [4.69, 9.17) is 20.6 Å². The van der Waals surface area contributed by atoms with Crippen molar-refractivity contribution < 1.29 is 37.0 Å². The van der Waals surface area contributed by atoms with Gasteiger partial charge in [-0.15, -0.1) is 0 Å². The highest BCUT2D eigenvalue weighted by atomic mass is 19.4. The summed E-state index contributed by atoms with van der Waals surface area (Å²) in [5.74, 6) is -2.74. The number of hydrogen-bond donors (Lipinski definition) is 2. The first-order valence-electron chi connectivity index (χ1n) is 12.3. The Morgan fingerprint density at radius 1 is 1.05 bits per heavy atom. The number of carbonyl (C=O) groups is 3. The Hall–Kier alpha value is -4.09. The minimum Gasteiger partial charge on any atom is -0.444 e. The first kappa shape index (κ1) is 29.5. The number of nitrogens with two attached hydrogens (primary N) is 1. The molecule has 0 unspecified atom stereocenters.